The van der Waals surface area contributed by atoms with E-state index in [4.69, 9.17) is 9.97 Å². The van der Waals surface area contributed by atoms with Crippen molar-refractivity contribution in [3.8, 4) is 89.7 Å². The Morgan fingerprint density at radius 1 is 0.521 bits per heavy atom. The third kappa shape index (κ3) is 9.47. The fourth-order valence-corrected chi connectivity index (χ4v) is 11.1. The maximum absolute atomic E-state index is 12.4. The molecule has 5 heteroatoms. The Labute approximate surface area is 435 Å². The molecule has 2 aliphatic carbocycles. The van der Waals surface area contributed by atoms with E-state index in [1.54, 1.807) is 0 Å². The number of imidazole rings is 1. The van der Waals surface area contributed by atoms with Gasteiger partial charge in [0.25, 0.3) is 0 Å². The Hall–Kier alpha value is -7.13. The third-order valence-corrected chi connectivity index (χ3v) is 14.7. The van der Waals surface area contributed by atoms with E-state index in [0.717, 1.165) is 104 Å². The zero-order chi connectivity index (χ0) is 48.6. The van der Waals surface area contributed by atoms with Crippen LogP contribution in [0.4, 0.5) is 0 Å². The molecule has 0 bridgehead atoms. The average molecular weight is 1100 g/mol. The van der Waals surface area contributed by atoms with Gasteiger partial charge in [0.1, 0.15) is 11.6 Å². The molecule has 2 aliphatic rings. The molecule has 2 saturated carbocycles. The number of pyridine rings is 1. The Bertz CT molecular complexity index is 3550. The number of nitrogens with zero attached hydrogens (tertiary/aromatic N) is 3. The van der Waals surface area contributed by atoms with Crippen molar-refractivity contribution in [1.29, 1.82) is 0 Å². The van der Waals surface area contributed by atoms with Gasteiger partial charge in [-0.2, -0.15) is 0 Å². The molecule has 0 amide bonds. The zero-order valence-electron chi connectivity index (χ0n) is 41.7. The molecule has 0 spiro atoms. The van der Waals surface area contributed by atoms with E-state index in [1.807, 2.05) is 85.1 Å². The molecule has 12 rings (SSSR count). The molecule has 352 valence electrons. The van der Waals surface area contributed by atoms with Crippen LogP contribution >= 0.6 is 0 Å². The van der Waals surface area contributed by atoms with Crippen LogP contribution in [0.5, 0.6) is 5.75 Å². The van der Waals surface area contributed by atoms with Gasteiger partial charge in [-0.25, -0.2) is 4.98 Å². The molecule has 2 aromatic heterocycles. The summed E-state index contributed by atoms with van der Waals surface area (Å²) in [6.45, 7) is 0. The van der Waals surface area contributed by atoms with Gasteiger partial charge in [0.15, 0.2) is 0 Å². The minimum atomic E-state index is -1.50. The second-order valence-electron chi connectivity index (χ2n) is 19.2. The number of aromatic nitrogens is 3. The summed E-state index contributed by atoms with van der Waals surface area (Å²) in [6, 6.07) is 70.6. The molecule has 1 N–H and O–H groups in total. The summed E-state index contributed by atoms with van der Waals surface area (Å²) in [7, 11) is 0. The van der Waals surface area contributed by atoms with Gasteiger partial charge in [-0.1, -0.05) is 213 Å². The van der Waals surface area contributed by atoms with Gasteiger partial charge < -0.3 is 5.11 Å². The first-order chi connectivity index (χ1) is 35.4. The summed E-state index contributed by atoms with van der Waals surface area (Å²) in [5, 5.41) is 12.4. The molecule has 0 aliphatic heterocycles. The first-order valence-corrected chi connectivity index (χ1v) is 25.2. The van der Waals surface area contributed by atoms with Crippen LogP contribution in [0.3, 0.4) is 0 Å². The summed E-state index contributed by atoms with van der Waals surface area (Å²) in [4.78, 5) is 10.6. The van der Waals surface area contributed by atoms with Crippen molar-refractivity contribution in [1.82, 2.24) is 14.5 Å². The van der Waals surface area contributed by atoms with Gasteiger partial charge in [-0.15, -0.1) is 23.8 Å². The van der Waals surface area contributed by atoms with Crippen molar-refractivity contribution in [2.24, 2.45) is 5.92 Å². The van der Waals surface area contributed by atoms with Crippen LogP contribution in [-0.2, 0) is 27.4 Å². The van der Waals surface area contributed by atoms with Crippen LogP contribution in [0, 0.1) is 12.0 Å². The maximum atomic E-state index is 12.4. The zero-order valence-corrected chi connectivity index (χ0v) is 41.9. The van der Waals surface area contributed by atoms with E-state index in [2.05, 4.69) is 126 Å². The summed E-state index contributed by atoms with van der Waals surface area (Å²) in [5.74, 6) is 1.31. The number of hydrogen-bond acceptors (Lipinski definition) is 3. The minimum absolute atomic E-state index is 0. The summed E-state index contributed by atoms with van der Waals surface area (Å²) in [5.41, 5.74) is 16.4. The van der Waals surface area contributed by atoms with E-state index in [9.17, 15) is 7.85 Å². The van der Waals surface area contributed by atoms with Crippen molar-refractivity contribution in [3.05, 3.63) is 218 Å². The van der Waals surface area contributed by atoms with Gasteiger partial charge in [-0.3, -0.25) is 9.55 Å². The Morgan fingerprint density at radius 3 is 1.87 bits per heavy atom. The van der Waals surface area contributed by atoms with Gasteiger partial charge in [0, 0.05) is 46.8 Å². The van der Waals surface area contributed by atoms with Crippen LogP contribution in [0.2, 0.25) is 0 Å². The Kier molecular flexibility index (Phi) is 12.8. The maximum Gasteiger partial charge on any atom is 0.148 e. The summed E-state index contributed by atoms with van der Waals surface area (Å²) >= 11 is 0. The van der Waals surface area contributed by atoms with E-state index in [-0.39, 0.29) is 32.7 Å². The quantitative estimate of drug-likeness (QED) is 0.131. The number of phenols is 1. The smallest absolute Gasteiger partial charge is 0.148 e. The van der Waals surface area contributed by atoms with Crippen LogP contribution in [0.25, 0.3) is 95.0 Å². The van der Waals surface area contributed by atoms with Crippen LogP contribution in [-0.4, -0.2) is 19.6 Å². The first-order valence-electron chi connectivity index (χ1n) is 26.2. The summed E-state index contributed by atoms with van der Waals surface area (Å²) < 4.78 is 21.2. The van der Waals surface area contributed by atoms with Crippen molar-refractivity contribution < 1.29 is 28.9 Å². The SMILES string of the molecule is [2H]C([2H])(c1ccc(-n2c(-c3cccc(-c4ccccc4)c3O)nc3c(-c4[c-]c(-c5cc(-c6ccc(C7CCCCC7)cc6)ccn5)cc(-c5ccccc5)c4)cccc32)c(-c2ccccc2)c1)C1CCCC1.[Pt]. The number of aromatic hydroxyl groups is 1. The fourth-order valence-electron chi connectivity index (χ4n) is 11.1. The van der Waals surface area contributed by atoms with Gasteiger partial charge >= 0.3 is 0 Å². The number of hydrogen-bond donors (Lipinski definition) is 1. The third-order valence-electron chi connectivity index (χ3n) is 14.7. The van der Waals surface area contributed by atoms with E-state index in [0.29, 0.717) is 28.4 Å². The minimum Gasteiger partial charge on any atom is -0.507 e. The van der Waals surface area contributed by atoms with Crippen LogP contribution in [0.1, 0.15) is 77.6 Å². The predicted molar refractivity (Wildman–Crippen MR) is 289 cm³/mol. The number of rotatable bonds is 11. The molecule has 8 aromatic carbocycles. The van der Waals surface area contributed by atoms with Crippen molar-refractivity contribution in [2.75, 3.05) is 0 Å². The second kappa shape index (κ2) is 20.7. The Balaban J connectivity index is 0.00000574. The number of phenolic OH excluding ortho intramolecular Hbond substituents is 1. The number of fused-ring (bicyclic) bond motifs is 1. The summed E-state index contributed by atoms with van der Waals surface area (Å²) in [6.07, 6.45) is 10.8. The predicted octanol–water partition coefficient (Wildman–Crippen LogP) is 17.4. The topological polar surface area (TPSA) is 50.9 Å². The van der Waals surface area contributed by atoms with Gasteiger partial charge in [0.05, 0.1) is 22.3 Å². The molecule has 71 heavy (non-hydrogen) atoms. The average Bonchev–Trinajstić information content (AvgIpc) is 4.14. The normalized spacial score (nSPS) is 14.8. The van der Waals surface area contributed by atoms with Gasteiger partial charge in [0.2, 0.25) is 0 Å². The molecule has 0 saturated heterocycles. The molecular formula is C66H56N3OPt-. The largest absolute Gasteiger partial charge is 0.507 e. The van der Waals surface area contributed by atoms with E-state index in [1.165, 1.54) is 37.7 Å². The standard InChI is InChI=1S/C66H56N3O.Pt/c70-65-58(51-23-9-3-10-24-51)28-15-29-59(65)66-68-64-57(27-16-30-63(64)69(66)62-36-31-46(39-45-17-13-14-18-45)40-60(62)52-25-11-4-12-26-52)55-41-54(48-21-7-2-8-22-48)42-56(43-55)61-44-53(37-38-67-61)50-34-32-49(33-35-50)47-19-5-1-6-20-47;/h2-4,7-12,15-16,21-38,40-42,44-45,47,70H,1,5-6,13-14,17-20,39H2;/q-1;/i39D2;. The molecule has 2 heterocycles. The Morgan fingerprint density at radius 2 is 1.14 bits per heavy atom. The fraction of sp³-hybridized carbons (Fsp3) is 0.182. The number of para-hydroxylation sites is 2. The molecule has 2 fully saturated rings. The van der Waals surface area contributed by atoms with Crippen molar-refractivity contribution in [2.45, 2.75) is 70.1 Å². The van der Waals surface area contributed by atoms with E-state index < -0.39 is 6.37 Å². The second-order valence-corrected chi connectivity index (χ2v) is 19.2. The van der Waals surface area contributed by atoms with E-state index >= 15 is 0 Å². The van der Waals surface area contributed by atoms with Crippen molar-refractivity contribution >= 4 is 11.0 Å². The van der Waals surface area contributed by atoms with Crippen LogP contribution < -0.4 is 0 Å². The number of benzene rings is 8. The van der Waals surface area contributed by atoms with Gasteiger partial charge in [-0.05, 0) is 100 Å². The first kappa shape index (κ1) is 43.9. The molecule has 0 radical (unpaired) electrons. The monoisotopic (exact) mass is 1100 g/mol. The van der Waals surface area contributed by atoms with Crippen LogP contribution in [0.15, 0.2) is 200 Å². The molecule has 0 unspecified atom stereocenters. The molecule has 10 aromatic rings. The molecular weight excluding hydrogens is 1050 g/mol. The molecule has 0 atom stereocenters. The van der Waals surface area contributed by atoms with Crippen molar-refractivity contribution in [3.63, 3.8) is 0 Å². The molecule has 4 nitrogen and oxygen atoms in total.